The lowest BCUT2D eigenvalue weighted by Crippen LogP contribution is -2.19. The highest BCUT2D eigenvalue weighted by Crippen LogP contribution is 2.22. The van der Waals surface area contributed by atoms with E-state index in [-0.39, 0.29) is 14.6 Å². The van der Waals surface area contributed by atoms with Gasteiger partial charge < -0.3 is 9.30 Å². The van der Waals surface area contributed by atoms with E-state index in [2.05, 4.69) is 4.40 Å². The predicted molar refractivity (Wildman–Crippen MR) is 107 cm³/mol. The van der Waals surface area contributed by atoms with Crippen LogP contribution < -0.4 is 9.94 Å². The highest BCUT2D eigenvalue weighted by atomic mass is 35.5. The second-order valence-electron chi connectivity index (χ2n) is 5.72. The molecule has 28 heavy (non-hydrogen) atoms. The zero-order chi connectivity index (χ0) is 20.5. The summed E-state index contributed by atoms with van der Waals surface area (Å²) in [6.07, 6.45) is 0. The summed E-state index contributed by atoms with van der Waals surface area (Å²) in [6, 6.07) is 9.99. The van der Waals surface area contributed by atoms with E-state index < -0.39 is 20.0 Å². The first-order valence-electron chi connectivity index (χ1n) is 7.83. The molecule has 0 saturated carbocycles. The Morgan fingerprint density at radius 3 is 2.36 bits per heavy atom. The Hall–Kier alpha value is -1.76. The fraction of sp³-hybridized carbons (Fsp3) is 0.188. The van der Waals surface area contributed by atoms with Crippen molar-refractivity contribution in [2.45, 2.75) is 16.3 Å². The topological polar surface area (TPSA) is 121 Å². The molecule has 0 fully saturated rings. The van der Waals surface area contributed by atoms with Crippen LogP contribution in [0.3, 0.4) is 0 Å². The van der Waals surface area contributed by atoms with Crippen molar-refractivity contribution >= 4 is 53.2 Å². The van der Waals surface area contributed by atoms with E-state index >= 15 is 0 Å². The first kappa shape index (κ1) is 21.0. The molecule has 0 unspecified atom stereocenters. The van der Waals surface area contributed by atoms with E-state index in [4.69, 9.17) is 21.5 Å². The average Bonchev–Trinajstić information content (AvgIpc) is 2.95. The lowest BCUT2D eigenvalue weighted by molar-refractivity contribution is 0.187. The minimum Gasteiger partial charge on any atom is -0.383 e. The summed E-state index contributed by atoms with van der Waals surface area (Å²) in [4.78, 5) is 0.124. The van der Waals surface area contributed by atoms with Gasteiger partial charge in [-0.1, -0.05) is 22.9 Å². The van der Waals surface area contributed by atoms with Crippen molar-refractivity contribution < 1.29 is 21.6 Å². The normalized spacial score (nSPS) is 13.3. The Balaban J connectivity index is 2.23. The molecule has 0 bridgehead atoms. The van der Waals surface area contributed by atoms with Crippen LogP contribution in [0.5, 0.6) is 0 Å². The molecule has 0 amide bonds. The van der Waals surface area contributed by atoms with Crippen LogP contribution >= 0.6 is 22.9 Å². The van der Waals surface area contributed by atoms with Crippen LogP contribution in [0, 0.1) is 0 Å². The van der Waals surface area contributed by atoms with E-state index in [1.807, 2.05) is 0 Å². The Morgan fingerprint density at radius 2 is 1.75 bits per heavy atom. The van der Waals surface area contributed by atoms with Gasteiger partial charge in [0.2, 0.25) is 14.8 Å². The molecule has 150 valence electrons. The van der Waals surface area contributed by atoms with Crippen LogP contribution in [-0.4, -0.2) is 35.1 Å². The lowest BCUT2D eigenvalue weighted by Gasteiger charge is -2.05. The van der Waals surface area contributed by atoms with Crippen LogP contribution in [0.25, 0.3) is 10.2 Å². The van der Waals surface area contributed by atoms with Gasteiger partial charge in [0.05, 0.1) is 26.6 Å². The third-order valence-electron chi connectivity index (χ3n) is 3.81. The largest absolute Gasteiger partial charge is 0.383 e. The van der Waals surface area contributed by atoms with Crippen molar-refractivity contribution in [2.24, 2.45) is 9.54 Å². The Labute approximate surface area is 171 Å². The van der Waals surface area contributed by atoms with Crippen molar-refractivity contribution in [1.82, 2.24) is 4.57 Å². The maximum Gasteiger partial charge on any atom is 0.285 e. The summed E-state index contributed by atoms with van der Waals surface area (Å²) in [6.45, 7) is 0.650. The number of fused-ring (bicyclic) bond motifs is 1. The molecule has 8 nitrogen and oxygen atoms in total. The van der Waals surface area contributed by atoms with E-state index in [1.54, 1.807) is 10.6 Å². The maximum atomic E-state index is 12.7. The minimum absolute atomic E-state index is 0.00197. The first-order valence-corrected chi connectivity index (χ1v) is 12.0. The summed E-state index contributed by atoms with van der Waals surface area (Å²) in [5, 5.41) is 5.59. The molecular formula is C16H16ClN3O5S3. The Kier molecular flexibility index (Phi) is 5.94. The van der Waals surface area contributed by atoms with Crippen LogP contribution in [0.15, 0.2) is 56.7 Å². The Bertz CT molecular complexity index is 1290. The average molecular weight is 462 g/mol. The van der Waals surface area contributed by atoms with Crippen molar-refractivity contribution in [2.75, 3.05) is 13.7 Å². The second kappa shape index (κ2) is 7.93. The zero-order valence-electron chi connectivity index (χ0n) is 14.6. The lowest BCUT2D eigenvalue weighted by atomic mass is 10.3. The first-order chi connectivity index (χ1) is 13.1. The number of benzene rings is 2. The summed E-state index contributed by atoms with van der Waals surface area (Å²) in [7, 11) is -6.35. The molecule has 2 aromatic carbocycles. The summed E-state index contributed by atoms with van der Waals surface area (Å²) in [5.74, 6) is 0. The molecule has 3 rings (SSSR count). The fourth-order valence-electron chi connectivity index (χ4n) is 2.46. The molecule has 0 aliphatic rings. The standard InChI is InChI=1S/C16H16ClN3O5S3/c1-25-9-8-20-14-7-6-13(27(18,21)22)10-15(14)26-16(20)19-28(23,24)12-4-2-11(17)3-5-12/h2-7,10H,8-9H2,1H3,(H2,18,21,22). The minimum atomic E-state index is -3.99. The van der Waals surface area contributed by atoms with E-state index in [0.717, 1.165) is 11.3 Å². The molecule has 0 spiro atoms. The highest BCUT2D eigenvalue weighted by molar-refractivity contribution is 7.90. The number of halogens is 1. The fourth-order valence-corrected chi connectivity index (χ4v) is 5.50. The van der Waals surface area contributed by atoms with E-state index in [0.29, 0.717) is 28.4 Å². The number of thiazole rings is 1. The quantitative estimate of drug-likeness (QED) is 0.601. The van der Waals surface area contributed by atoms with Gasteiger partial charge in [-0.05, 0) is 42.5 Å². The number of nitrogens with two attached hydrogens (primary N) is 1. The van der Waals surface area contributed by atoms with Crippen molar-refractivity contribution in [3.8, 4) is 0 Å². The van der Waals surface area contributed by atoms with Crippen molar-refractivity contribution in [1.29, 1.82) is 0 Å². The smallest absolute Gasteiger partial charge is 0.285 e. The number of hydrogen-bond donors (Lipinski definition) is 1. The van der Waals surface area contributed by atoms with E-state index in [9.17, 15) is 16.8 Å². The molecular weight excluding hydrogens is 446 g/mol. The maximum absolute atomic E-state index is 12.7. The van der Waals surface area contributed by atoms with Gasteiger partial charge in [-0.25, -0.2) is 13.6 Å². The SMILES string of the molecule is COCCn1c(=NS(=O)(=O)c2ccc(Cl)cc2)sc2cc(S(N)(=O)=O)ccc21. The number of hydrogen-bond acceptors (Lipinski definition) is 6. The number of aromatic nitrogens is 1. The molecule has 0 aliphatic carbocycles. The van der Waals surface area contributed by atoms with Gasteiger partial charge in [0.15, 0.2) is 0 Å². The zero-order valence-corrected chi connectivity index (χ0v) is 17.8. The Morgan fingerprint density at radius 1 is 1.11 bits per heavy atom. The summed E-state index contributed by atoms with van der Waals surface area (Å²) >= 11 is 6.85. The second-order valence-corrected chi connectivity index (χ2v) is 10.3. The van der Waals surface area contributed by atoms with Crippen LogP contribution in [-0.2, 0) is 31.3 Å². The molecule has 1 heterocycles. The third kappa shape index (κ3) is 4.45. The van der Waals surface area contributed by atoms with Crippen LogP contribution in [0.1, 0.15) is 0 Å². The molecule has 0 aliphatic heterocycles. The predicted octanol–water partition coefficient (Wildman–Crippen LogP) is 1.94. The molecule has 0 saturated heterocycles. The van der Waals surface area contributed by atoms with Crippen molar-refractivity contribution in [3.63, 3.8) is 0 Å². The van der Waals surface area contributed by atoms with Crippen LogP contribution in [0.2, 0.25) is 5.02 Å². The number of rotatable bonds is 6. The number of nitrogens with zero attached hydrogens (tertiary/aromatic N) is 2. The van der Waals surface area contributed by atoms with Gasteiger partial charge in [-0.3, -0.25) is 0 Å². The van der Waals surface area contributed by atoms with Crippen molar-refractivity contribution in [3.05, 3.63) is 52.3 Å². The number of methoxy groups -OCH3 is 1. The molecule has 0 atom stereocenters. The van der Waals surface area contributed by atoms with Gasteiger partial charge in [0, 0.05) is 18.7 Å². The van der Waals surface area contributed by atoms with Gasteiger partial charge in [0.1, 0.15) is 0 Å². The van der Waals surface area contributed by atoms with Crippen LogP contribution in [0.4, 0.5) is 0 Å². The summed E-state index contributed by atoms with van der Waals surface area (Å²) in [5.41, 5.74) is 0.625. The van der Waals surface area contributed by atoms with Gasteiger partial charge in [-0.15, -0.1) is 4.40 Å². The summed E-state index contributed by atoms with van der Waals surface area (Å²) < 4.78 is 59.8. The molecule has 2 N–H and O–H groups in total. The molecule has 3 aromatic rings. The third-order valence-corrected chi connectivity index (χ3v) is 7.41. The monoisotopic (exact) mass is 461 g/mol. The number of sulfonamides is 2. The highest BCUT2D eigenvalue weighted by Gasteiger charge is 2.16. The number of ether oxygens (including phenoxy) is 1. The molecule has 12 heteroatoms. The van der Waals surface area contributed by atoms with E-state index in [1.165, 1.54) is 43.5 Å². The number of primary sulfonamides is 1. The van der Waals surface area contributed by atoms with Gasteiger partial charge in [0.25, 0.3) is 10.0 Å². The molecule has 0 radical (unpaired) electrons. The molecule has 1 aromatic heterocycles. The van der Waals surface area contributed by atoms with Gasteiger partial charge in [-0.2, -0.15) is 8.42 Å². The van der Waals surface area contributed by atoms with Gasteiger partial charge >= 0.3 is 0 Å².